The van der Waals surface area contributed by atoms with E-state index >= 15 is 0 Å². The molecular weight excluding hydrogens is 272 g/mol. The summed E-state index contributed by atoms with van der Waals surface area (Å²) in [5.74, 6) is 0. The van der Waals surface area contributed by atoms with Crippen molar-refractivity contribution in [2.24, 2.45) is 4.99 Å². The molecule has 118 valence electrons. The molecule has 0 bridgehead atoms. The van der Waals surface area contributed by atoms with E-state index in [1.165, 1.54) is 5.71 Å². The molecule has 20 heavy (non-hydrogen) atoms. The molecule has 1 rings (SSSR count). The van der Waals surface area contributed by atoms with Crippen LogP contribution in [0.25, 0.3) is 0 Å². The largest absolute Gasteiger partial charge is 0.523 e. The van der Waals surface area contributed by atoms with Crippen LogP contribution in [0.5, 0.6) is 0 Å². The summed E-state index contributed by atoms with van der Waals surface area (Å²) in [6.07, 6.45) is 2.68. The number of hydrogen-bond donors (Lipinski definition) is 0. The molecule has 0 N–H and O–H groups in total. The summed E-state index contributed by atoms with van der Waals surface area (Å²) in [6.45, 7) is 13.3. The molecule has 0 atom stereocenters. The van der Waals surface area contributed by atoms with Gasteiger partial charge in [0.2, 0.25) is 0 Å². The molecule has 1 heterocycles. The Balaban J connectivity index is 2.60. The molecule has 1 aliphatic heterocycles. The summed E-state index contributed by atoms with van der Waals surface area (Å²) in [5, 5.41) is 0. The van der Waals surface area contributed by atoms with Gasteiger partial charge < -0.3 is 18.2 Å². The van der Waals surface area contributed by atoms with Crippen molar-refractivity contribution in [1.29, 1.82) is 0 Å². The summed E-state index contributed by atoms with van der Waals surface area (Å²) < 4.78 is 17.5. The van der Waals surface area contributed by atoms with Crippen molar-refractivity contribution in [3.8, 4) is 0 Å². The van der Waals surface area contributed by atoms with Crippen LogP contribution in [0.1, 0.15) is 40.5 Å². The first-order valence-corrected chi connectivity index (χ1v) is 9.79. The molecule has 0 unspecified atom stereocenters. The zero-order chi connectivity index (χ0) is 14.8. The number of nitrogens with zero attached hydrogens (tertiary/aromatic N) is 2. The van der Waals surface area contributed by atoms with Crippen molar-refractivity contribution in [3.05, 3.63) is 0 Å². The van der Waals surface area contributed by atoms with Gasteiger partial charge in [0.05, 0.1) is 0 Å². The van der Waals surface area contributed by atoms with Gasteiger partial charge >= 0.3 is 8.80 Å². The average Bonchev–Trinajstić information content (AvgIpc) is 2.46. The summed E-state index contributed by atoms with van der Waals surface area (Å²) in [5.41, 5.74) is 1.28. The first-order chi connectivity index (χ1) is 9.69. The summed E-state index contributed by atoms with van der Waals surface area (Å²) >= 11 is 0. The number of aliphatic imine (C=N–C) groups is 1. The second-order valence-electron chi connectivity index (χ2n) is 4.80. The predicted octanol–water partition coefficient (Wildman–Crippen LogP) is 2.13. The standard InChI is InChI=1S/C14H30N2O3Si/c1-5-16-11-9-14(10-12-16)15-13-20(17-6-2,18-7-3)19-8-4/h5-13H2,1-4H3. The van der Waals surface area contributed by atoms with E-state index in [0.29, 0.717) is 26.0 Å². The second-order valence-corrected chi connectivity index (χ2v) is 7.35. The first-order valence-electron chi connectivity index (χ1n) is 7.86. The Hall–Kier alpha value is -0.273. The van der Waals surface area contributed by atoms with Crippen molar-refractivity contribution in [1.82, 2.24) is 4.90 Å². The number of rotatable bonds is 9. The van der Waals surface area contributed by atoms with Gasteiger partial charge in [-0.15, -0.1) is 0 Å². The normalized spacial score (nSPS) is 17.5. The van der Waals surface area contributed by atoms with Crippen molar-refractivity contribution < 1.29 is 13.3 Å². The first kappa shape index (κ1) is 17.8. The maximum Gasteiger partial charge on any atom is 0.523 e. The molecule has 0 spiro atoms. The van der Waals surface area contributed by atoms with Crippen molar-refractivity contribution >= 4 is 14.5 Å². The Kier molecular flexibility index (Phi) is 8.56. The van der Waals surface area contributed by atoms with Gasteiger partial charge in [0.15, 0.2) is 0 Å². The topological polar surface area (TPSA) is 43.3 Å². The van der Waals surface area contributed by atoms with Crippen molar-refractivity contribution in [3.63, 3.8) is 0 Å². The molecule has 0 aliphatic carbocycles. The third-order valence-corrected chi connectivity index (χ3v) is 6.20. The van der Waals surface area contributed by atoms with Crippen LogP contribution < -0.4 is 0 Å². The lowest BCUT2D eigenvalue weighted by atomic mass is 10.1. The SMILES string of the molecule is CCO[Si](CN=C1CCN(CC)CC1)(OCC)OCC. The van der Waals surface area contributed by atoms with Crippen LogP contribution in [0.2, 0.25) is 0 Å². The molecule has 0 amide bonds. The minimum Gasteiger partial charge on any atom is -0.373 e. The van der Waals surface area contributed by atoms with Gasteiger partial charge in [-0.25, -0.2) is 0 Å². The lowest BCUT2D eigenvalue weighted by molar-refractivity contribution is 0.0729. The lowest BCUT2D eigenvalue weighted by Gasteiger charge is -2.29. The second kappa shape index (κ2) is 9.62. The molecule has 0 saturated carbocycles. The van der Waals surface area contributed by atoms with Gasteiger partial charge in [0.25, 0.3) is 0 Å². The van der Waals surface area contributed by atoms with Gasteiger partial charge in [0, 0.05) is 38.6 Å². The Morgan fingerprint density at radius 1 is 0.950 bits per heavy atom. The molecule has 0 aromatic carbocycles. The number of hydrogen-bond acceptors (Lipinski definition) is 5. The highest BCUT2D eigenvalue weighted by molar-refractivity contribution is 6.61. The zero-order valence-corrected chi connectivity index (χ0v) is 14.5. The Morgan fingerprint density at radius 3 is 1.85 bits per heavy atom. The third kappa shape index (κ3) is 5.61. The molecule has 1 aliphatic rings. The molecule has 1 saturated heterocycles. The minimum absolute atomic E-state index is 0.560. The third-order valence-electron chi connectivity index (χ3n) is 3.47. The maximum atomic E-state index is 5.82. The highest BCUT2D eigenvalue weighted by atomic mass is 28.4. The molecule has 6 heteroatoms. The monoisotopic (exact) mass is 302 g/mol. The quantitative estimate of drug-likeness (QED) is 0.612. The summed E-state index contributed by atoms with van der Waals surface area (Å²) in [4.78, 5) is 7.21. The smallest absolute Gasteiger partial charge is 0.373 e. The highest BCUT2D eigenvalue weighted by Crippen LogP contribution is 2.13. The van der Waals surface area contributed by atoms with Crippen LogP contribution in [0.3, 0.4) is 0 Å². The van der Waals surface area contributed by atoms with Crippen molar-refractivity contribution in [2.75, 3.05) is 45.6 Å². The fraction of sp³-hybridized carbons (Fsp3) is 0.929. The minimum atomic E-state index is -2.61. The maximum absolute atomic E-state index is 5.82. The molecule has 0 aromatic rings. The summed E-state index contributed by atoms with van der Waals surface area (Å²) in [7, 11) is -2.61. The van der Waals surface area contributed by atoms with E-state index in [1.807, 2.05) is 20.8 Å². The summed E-state index contributed by atoms with van der Waals surface area (Å²) in [6, 6.07) is 0. The van der Waals surface area contributed by atoms with E-state index < -0.39 is 8.80 Å². The van der Waals surface area contributed by atoms with Gasteiger partial charge in [-0.05, 0) is 40.2 Å². The van der Waals surface area contributed by atoms with Crippen LogP contribution in [0.4, 0.5) is 0 Å². The van der Waals surface area contributed by atoms with E-state index in [-0.39, 0.29) is 0 Å². The number of likely N-dealkylation sites (tertiary alicyclic amines) is 1. The Labute approximate surface area is 124 Å². The highest BCUT2D eigenvalue weighted by Gasteiger charge is 2.40. The van der Waals surface area contributed by atoms with Crippen LogP contribution in [-0.4, -0.2) is 65.0 Å². The van der Waals surface area contributed by atoms with Gasteiger partial charge in [-0.2, -0.15) is 0 Å². The van der Waals surface area contributed by atoms with Crippen LogP contribution >= 0.6 is 0 Å². The lowest BCUT2D eigenvalue weighted by Crippen LogP contribution is -2.50. The fourth-order valence-corrected chi connectivity index (χ4v) is 4.68. The molecule has 0 radical (unpaired) electrons. The molecule has 5 nitrogen and oxygen atoms in total. The van der Waals surface area contributed by atoms with Crippen LogP contribution in [0.15, 0.2) is 4.99 Å². The van der Waals surface area contributed by atoms with E-state index in [1.54, 1.807) is 0 Å². The van der Waals surface area contributed by atoms with Crippen LogP contribution in [0, 0.1) is 0 Å². The molecular formula is C14H30N2O3Si. The molecule has 1 fully saturated rings. The number of piperidine rings is 1. The Morgan fingerprint density at radius 2 is 1.45 bits per heavy atom. The van der Waals surface area contributed by atoms with E-state index in [4.69, 9.17) is 18.3 Å². The predicted molar refractivity (Wildman–Crippen MR) is 84.3 cm³/mol. The van der Waals surface area contributed by atoms with Gasteiger partial charge in [-0.3, -0.25) is 4.99 Å². The Bertz CT molecular complexity index is 273. The average molecular weight is 302 g/mol. The van der Waals surface area contributed by atoms with Gasteiger partial charge in [0.1, 0.15) is 6.17 Å². The van der Waals surface area contributed by atoms with Gasteiger partial charge in [-0.1, -0.05) is 6.92 Å². The zero-order valence-electron chi connectivity index (χ0n) is 13.5. The van der Waals surface area contributed by atoms with Crippen molar-refractivity contribution in [2.45, 2.75) is 40.5 Å². The fourth-order valence-electron chi connectivity index (χ4n) is 2.42. The molecule has 0 aromatic heterocycles. The van der Waals surface area contributed by atoms with Crippen LogP contribution in [-0.2, 0) is 13.3 Å². The van der Waals surface area contributed by atoms with E-state index in [9.17, 15) is 0 Å². The van der Waals surface area contributed by atoms with E-state index in [2.05, 4.69) is 11.8 Å². The van der Waals surface area contributed by atoms with E-state index in [0.717, 1.165) is 32.5 Å².